The summed E-state index contributed by atoms with van der Waals surface area (Å²) < 4.78 is 25.8. The van der Waals surface area contributed by atoms with Crippen LogP contribution in [0.3, 0.4) is 0 Å². The van der Waals surface area contributed by atoms with Crippen molar-refractivity contribution in [3.05, 3.63) is 29.8 Å². The number of aryl methyl sites for hydroxylation is 1. The van der Waals surface area contributed by atoms with Crippen molar-refractivity contribution in [2.45, 2.75) is 63.5 Å². The number of hydrogen-bond donors (Lipinski definition) is 0. The molecule has 1 amide bonds. The Balaban J connectivity index is 1.80. The number of benzene rings is 1. The molecule has 2 atom stereocenters. The lowest BCUT2D eigenvalue weighted by molar-refractivity contribution is -0.131. The summed E-state index contributed by atoms with van der Waals surface area (Å²) in [7, 11) is -3.04. The van der Waals surface area contributed by atoms with Crippen molar-refractivity contribution in [1.82, 2.24) is 19.7 Å². The fourth-order valence-electron chi connectivity index (χ4n) is 3.86. The fourth-order valence-corrected chi connectivity index (χ4v) is 6.53. The zero-order valence-corrected chi connectivity index (χ0v) is 19.7. The van der Waals surface area contributed by atoms with Gasteiger partial charge in [-0.05, 0) is 39.7 Å². The van der Waals surface area contributed by atoms with Crippen molar-refractivity contribution in [1.29, 1.82) is 0 Å². The Morgan fingerprint density at radius 2 is 2.10 bits per heavy atom. The van der Waals surface area contributed by atoms with E-state index in [2.05, 4.69) is 27.8 Å². The highest BCUT2D eigenvalue weighted by Crippen LogP contribution is 2.29. The minimum Gasteiger partial charge on any atom is -0.338 e. The van der Waals surface area contributed by atoms with Crippen LogP contribution in [0.15, 0.2) is 29.4 Å². The van der Waals surface area contributed by atoms with Crippen molar-refractivity contribution in [3.8, 4) is 11.4 Å². The van der Waals surface area contributed by atoms with Gasteiger partial charge in [0.25, 0.3) is 0 Å². The van der Waals surface area contributed by atoms with E-state index >= 15 is 0 Å². The quantitative estimate of drug-likeness (QED) is 0.574. The van der Waals surface area contributed by atoms with Gasteiger partial charge in [-0.1, -0.05) is 42.4 Å². The van der Waals surface area contributed by atoms with Gasteiger partial charge in [-0.25, -0.2) is 8.42 Å². The monoisotopic (exact) mass is 450 g/mol. The van der Waals surface area contributed by atoms with Gasteiger partial charge < -0.3 is 9.47 Å². The second kappa shape index (κ2) is 9.51. The SMILES string of the molecule is CCCn1c(SC(C)C(=O)N(CC)C2CCS(=O)(=O)C2)nnc1-c1cccc(C)c1. The van der Waals surface area contributed by atoms with Gasteiger partial charge in [-0.3, -0.25) is 4.79 Å². The fraction of sp³-hybridized carbons (Fsp3) is 0.571. The first-order chi connectivity index (χ1) is 14.3. The van der Waals surface area contributed by atoms with Crippen LogP contribution >= 0.6 is 11.8 Å². The minimum absolute atomic E-state index is 0.0484. The van der Waals surface area contributed by atoms with E-state index in [9.17, 15) is 13.2 Å². The molecule has 3 rings (SSSR count). The van der Waals surface area contributed by atoms with E-state index in [1.165, 1.54) is 11.8 Å². The third-order valence-corrected chi connectivity index (χ3v) is 8.16. The normalized spacial score (nSPS) is 19.0. The maximum Gasteiger partial charge on any atom is 0.236 e. The summed E-state index contributed by atoms with van der Waals surface area (Å²) in [6, 6.07) is 7.92. The predicted molar refractivity (Wildman–Crippen MR) is 120 cm³/mol. The molecule has 0 spiro atoms. The van der Waals surface area contributed by atoms with Gasteiger partial charge in [0.05, 0.1) is 16.8 Å². The Labute approximate surface area is 183 Å². The van der Waals surface area contributed by atoms with Gasteiger partial charge >= 0.3 is 0 Å². The number of nitrogens with zero attached hydrogens (tertiary/aromatic N) is 4. The van der Waals surface area contributed by atoms with Gasteiger partial charge in [0.15, 0.2) is 20.8 Å². The van der Waals surface area contributed by atoms with Crippen LogP contribution in [0.25, 0.3) is 11.4 Å². The lowest BCUT2D eigenvalue weighted by Crippen LogP contribution is -2.44. The first-order valence-electron chi connectivity index (χ1n) is 10.4. The summed E-state index contributed by atoms with van der Waals surface area (Å²) in [6.45, 7) is 9.16. The lowest BCUT2D eigenvalue weighted by atomic mass is 10.1. The van der Waals surface area contributed by atoms with Crippen molar-refractivity contribution in [2.75, 3.05) is 18.1 Å². The van der Waals surface area contributed by atoms with Gasteiger partial charge in [-0.15, -0.1) is 10.2 Å². The van der Waals surface area contributed by atoms with Gasteiger partial charge in [0, 0.05) is 24.7 Å². The van der Waals surface area contributed by atoms with Gasteiger partial charge in [0.2, 0.25) is 5.91 Å². The molecule has 1 aromatic heterocycles. The van der Waals surface area contributed by atoms with E-state index in [-0.39, 0.29) is 28.7 Å². The first kappa shape index (κ1) is 22.8. The Hall–Kier alpha value is -1.87. The van der Waals surface area contributed by atoms with Gasteiger partial charge in [-0.2, -0.15) is 0 Å². The molecule has 2 unspecified atom stereocenters. The zero-order chi connectivity index (χ0) is 21.9. The summed E-state index contributed by atoms with van der Waals surface area (Å²) in [4.78, 5) is 14.8. The molecule has 1 aromatic carbocycles. The molecule has 1 aliphatic heterocycles. The highest BCUT2D eigenvalue weighted by molar-refractivity contribution is 8.00. The molecule has 0 saturated carbocycles. The molecule has 7 nitrogen and oxygen atoms in total. The second-order valence-corrected chi connectivity index (χ2v) is 11.3. The molecule has 0 aliphatic carbocycles. The number of carbonyl (C=O) groups excluding carboxylic acids is 1. The van der Waals surface area contributed by atoms with Crippen LogP contribution in [-0.4, -0.2) is 63.3 Å². The Kier molecular flexibility index (Phi) is 7.23. The minimum atomic E-state index is -3.04. The number of aromatic nitrogens is 3. The predicted octanol–water partition coefficient (Wildman–Crippen LogP) is 3.18. The Morgan fingerprint density at radius 1 is 1.33 bits per heavy atom. The van der Waals surface area contributed by atoms with Crippen molar-refractivity contribution in [2.24, 2.45) is 0 Å². The summed E-state index contributed by atoms with van der Waals surface area (Å²) in [5.74, 6) is 0.978. The smallest absolute Gasteiger partial charge is 0.236 e. The van der Waals surface area contributed by atoms with E-state index in [4.69, 9.17) is 0 Å². The highest BCUT2D eigenvalue weighted by Gasteiger charge is 2.35. The Morgan fingerprint density at radius 3 is 2.70 bits per heavy atom. The first-order valence-corrected chi connectivity index (χ1v) is 13.1. The number of hydrogen-bond acceptors (Lipinski definition) is 6. The van der Waals surface area contributed by atoms with Crippen LogP contribution in [0.4, 0.5) is 0 Å². The maximum atomic E-state index is 13.1. The van der Waals surface area contributed by atoms with Crippen LogP contribution in [0, 0.1) is 6.92 Å². The molecule has 9 heteroatoms. The van der Waals surface area contributed by atoms with Crippen LogP contribution in [0.2, 0.25) is 0 Å². The van der Waals surface area contributed by atoms with Crippen LogP contribution in [0.5, 0.6) is 0 Å². The van der Waals surface area contributed by atoms with Crippen LogP contribution in [0.1, 0.15) is 39.2 Å². The molecule has 1 saturated heterocycles. The van der Waals surface area contributed by atoms with Crippen LogP contribution in [-0.2, 0) is 21.2 Å². The zero-order valence-electron chi connectivity index (χ0n) is 18.0. The second-order valence-electron chi connectivity index (χ2n) is 7.77. The molecule has 0 bridgehead atoms. The molecule has 2 heterocycles. The highest BCUT2D eigenvalue weighted by atomic mass is 32.2. The average Bonchev–Trinajstić information content (AvgIpc) is 3.25. The molecule has 164 valence electrons. The largest absolute Gasteiger partial charge is 0.338 e. The topological polar surface area (TPSA) is 85.2 Å². The molecule has 1 aliphatic rings. The van der Waals surface area contributed by atoms with Crippen LogP contribution < -0.4 is 0 Å². The standard InChI is InChI=1S/C21H30N4O3S2/c1-5-11-25-19(17-9-7-8-15(3)13-17)22-23-21(25)29-16(4)20(26)24(6-2)18-10-12-30(27,28)14-18/h7-9,13,16,18H,5-6,10-12,14H2,1-4H3. The van der Waals surface area contributed by atoms with Crippen molar-refractivity contribution >= 4 is 27.5 Å². The maximum absolute atomic E-state index is 13.1. The Bertz CT molecular complexity index is 1000. The van der Waals surface area contributed by atoms with Crippen molar-refractivity contribution in [3.63, 3.8) is 0 Å². The lowest BCUT2D eigenvalue weighted by Gasteiger charge is -2.29. The molecule has 0 radical (unpaired) electrons. The van der Waals surface area contributed by atoms with Crippen molar-refractivity contribution < 1.29 is 13.2 Å². The molecular formula is C21H30N4O3S2. The number of sulfone groups is 1. The number of carbonyl (C=O) groups is 1. The molecule has 0 N–H and O–H groups in total. The van der Waals surface area contributed by atoms with E-state index < -0.39 is 9.84 Å². The third-order valence-electron chi connectivity index (χ3n) is 5.34. The molecular weight excluding hydrogens is 420 g/mol. The van der Waals surface area contributed by atoms with E-state index in [0.29, 0.717) is 18.1 Å². The summed E-state index contributed by atoms with van der Waals surface area (Å²) >= 11 is 1.39. The number of amides is 1. The summed E-state index contributed by atoms with van der Waals surface area (Å²) in [5.41, 5.74) is 2.16. The molecule has 30 heavy (non-hydrogen) atoms. The van der Waals surface area contributed by atoms with E-state index in [1.54, 1.807) is 4.90 Å². The number of rotatable bonds is 8. The molecule has 1 fully saturated rings. The van der Waals surface area contributed by atoms with E-state index in [1.807, 2.05) is 39.0 Å². The molecule has 2 aromatic rings. The van der Waals surface area contributed by atoms with Gasteiger partial charge in [0.1, 0.15) is 0 Å². The number of thioether (sulfide) groups is 1. The average molecular weight is 451 g/mol. The summed E-state index contributed by atoms with van der Waals surface area (Å²) in [6.07, 6.45) is 1.44. The summed E-state index contributed by atoms with van der Waals surface area (Å²) in [5, 5.41) is 9.12. The van der Waals surface area contributed by atoms with E-state index in [0.717, 1.165) is 29.9 Å². The third kappa shape index (κ3) is 5.06.